The Bertz CT molecular complexity index is 1080. The summed E-state index contributed by atoms with van der Waals surface area (Å²) in [6, 6.07) is 14.4. The maximum atomic E-state index is 13.9. The first-order chi connectivity index (χ1) is 16.4. The van der Waals surface area contributed by atoms with Crippen LogP contribution in [0.4, 0.5) is 5.69 Å². The van der Waals surface area contributed by atoms with Gasteiger partial charge in [-0.15, -0.1) is 0 Å². The van der Waals surface area contributed by atoms with E-state index in [1.807, 2.05) is 18.2 Å². The van der Waals surface area contributed by atoms with E-state index in [1.165, 1.54) is 0 Å². The zero-order chi connectivity index (χ0) is 24.3. The van der Waals surface area contributed by atoms with E-state index in [1.54, 1.807) is 42.2 Å². The van der Waals surface area contributed by atoms with Crippen LogP contribution >= 0.6 is 11.9 Å². The predicted octanol–water partition coefficient (Wildman–Crippen LogP) is 2.51. The number of carbonyl (C=O) groups excluding carboxylic acids is 3. The molecule has 2 aliphatic heterocycles. The lowest BCUT2D eigenvalue weighted by molar-refractivity contribution is -0.148. The molecule has 34 heavy (non-hydrogen) atoms. The zero-order valence-electron chi connectivity index (χ0n) is 18.7. The van der Waals surface area contributed by atoms with Crippen LogP contribution in [0, 0.1) is 11.8 Å². The molecule has 10 heteroatoms. The molecule has 0 aromatic heterocycles. The lowest BCUT2D eigenvalue weighted by Gasteiger charge is -2.51. The average molecular weight is 488 g/mol. The highest BCUT2D eigenvalue weighted by Crippen LogP contribution is 2.43. The SMILES string of the molecule is CCC1C(C(=O)OCl)CCN(c2ccccc2)C1(C(N)=O)C(=O)NCc1ccc2c(c1)OCO2. The van der Waals surface area contributed by atoms with E-state index >= 15 is 0 Å². The lowest BCUT2D eigenvalue weighted by Crippen LogP contribution is -2.73. The lowest BCUT2D eigenvalue weighted by atomic mass is 9.67. The number of fused-ring (bicyclic) bond motifs is 1. The first-order valence-electron chi connectivity index (χ1n) is 11.0. The second kappa shape index (κ2) is 9.80. The number of hydrogen-bond acceptors (Lipinski definition) is 7. The third-order valence-corrected chi connectivity index (χ3v) is 6.76. The van der Waals surface area contributed by atoms with Crippen molar-refractivity contribution in [2.24, 2.45) is 17.6 Å². The fraction of sp³-hybridized carbons (Fsp3) is 0.375. The van der Waals surface area contributed by atoms with Gasteiger partial charge < -0.3 is 29.7 Å². The second-order valence-corrected chi connectivity index (χ2v) is 8.45. The van der Waals surface area contributed by atoms with Crippen molar-refractivity contribution in [2.45, 2.75) is 31.8 Å². The molecule has 2 aromatic rings. The Morgan fingerprint density at radius 1 is 1.18 bits per heavy atom. The van der Waals surface area contributed by atoms with E-state index < -0.39 is 35.2 Å². The van der Waals surface area contributed by atoms with Crippen LogP contribution in [-0.2, 0) is 25.2 Å². The van der Waals surface area contributed by atoms with Gasteiger partial charge in [0.2, 0.25) is 12.3 Å². The quantitative estimate of drug-likeness (QED) is 0.575. The van der Waals surface area contributed by atoms with Crippen LogP contribution < -0.4 is 25.4 Å². The van der Waals surface area contributed by atoms with E-state index in [9.17, 15) is 14.4 Å². The highest BCUT2D eigenvalue weighted by Gasteiger charge is 2.61. The van der Waals surface area contributed by atoms with E-state index in [0.29, 0.717) is 30.0 Å². The number of hydrogen-bond donors (Lipinski definition) is 2. The molecule has 4 rings (SSSR count). The number of rotatable bonds is 7. The van der Waals surface area contributed by atoms with Gasteiger partial charge in [-0.2, -0.15) is 0 Å². The average Bonchev–Trinajstić information content (AvgIpc) is 3.34. The Balaban J connectivity index is 1.72. The Labute approximate surface area is 202 Å². The molecule has 3 unspecified atom stereocenters. The summed E-state index contributed by atoms with van der Waals surface area (Å²) in [6.07, 6.45) is 0.670. The van der Waals surface area contributed by atoms with Crippen LogP contribution in [0.3, 0.4) is 0 Å². The number of carbonyl (C=O) groups is 3. The van der Waals surface area contributed by atoms with Gasteiger partial charge in [0, 0.05) is 24.7 Å². The molecule has 2 aromatic carbocycles. The number of nitrogens with two attached hydrogens (primary N) is 1. The number of nitrogens with one attached hydrogen (secondary N) is 1. The molecule has 3 N–H and O–H groups in total. The number of ether oxygens (including phenoxy) is 2. The summed E-state index contributed by atoms with van der Waals surface area (Å²) in [4.78, 5) is 41.3. The largest absolute Gasteiger partial charge is 0.454 e. The number of benzene rings is 2. The Morgan fingerprint density at radius 2 is 1.91 bits per heavy atom. The van der Waals surface area contributed by atoms with Gasteiger partial charge in [-0.25, -0.2) is 0 Å². The van der Waals surface area contributed by atoms with Crippen LogP contribution in [0.2, 0.25) is 0 Å². The van der Waals surface area contributed by atoms with Crippen LogP contribution in [0.1, 0.15) is 25.3 Å². The molecular formula is C24H26ClN3O6. The standard InChI is InChI=1S/C24H26ClN3O6/c1-2-18-17(21(29)34-25)10-11-28(16-6-4-3-5-7-16)24(18,22(26)30)23(31)27-13-15-8-9-19-20(12-15)33-14-32-19/h3-9,12,17-18H,2,10-11,13-14H2,1H3,(H2,26,30)(H,27,31). The molecule has 2 aliphatic rings. The van der Waals surface area contributed by atoms with Crippen molar-refractivity contribution in [1.82, 2.24) is 5.32 Å². The first-order valence-corrected chi connectivity index (χ1v) is 11.4. The minimum Gasteiger partial charge on any atom is -0.454 e. The molecule has 0 radical (unpaired) electrons. The third kappa shape index (κ3) is 4.00. The van der Waals surface area contributed by atoms with Gasteiger partial charge in [0.25, 0.3) is 11.8 Å². The fourth-order valence-corrected chi connectivity index (χ4v) is 5.20. The Hall–Kier alpha value is -3.46. The first kappa shape index (κ1) is 23.7. The summed E-state index contributed by atoms with van der Waals surface area (Å²) in [7, 11) is 0. The van der Waals surface area contributed by atoms with Crippen molar-refractivity contribution in [3.05, 3.63) is 54.1 Å². The summed E-state index contributed by atoms with van der Waals surface area (Å²) in [6.45, 7) is 2.29. The molecular weight excluding hydrogens is 462 g/mol. The van der Waals surface area contributed by atoms with Gasteiger partial charge in [-0.1, -0.05) is 31.2 Å². The Kier molecular flexibility index (Phi) is 6.83. The number of nitrogens with zero attached hydrogens (tertiary/aromatic N) is 1. The van der Waals surface area contributed by atoms with Crippen molar-refractivity contribution in [1.29, 1.82) is 0 Å². The fourth-order valence-electron chi connectivity index (χ4n) is 5.08. The maximum Gasteiger partial charge on any atom is 0.328 e. The van der Waals surface area contributed by atoms with Crippen LogP contribution in [-0.4, -0.2) is 36.7 Å². The van der Waals surface area contributed by atoms with E-state index in [-0.39, 0.29) is 19.9 Å². The Morgan fingerprint density at radius 3 is 2.59 bits per heavy atom. The third-order valence-electron chi connectivity index (χ3n) is 6.61. The molecule has 9 nitrogen and oxygen atoms in total. The molecule has 180 valence electrons. The van der Waals surface area contributed by atoms with Crippen molar-refractivity contribution >= 4 is 35.3 Å². The highest BCUT2D eigenvalue weighted by atomic mass is 35.5. The maximum absolute atomic E-state index is 13.9. The number of anilines is 1. The molecule has 0 bridgehead atoms. The summed E-state index contributed by atoms with van der Waals surface area (Å²) in [5.41, 5.74) is 5.55. The minimum absolute atomic E-state index is 0.119. The van der Waals surface area contributed by atoms with Crippen LogP contribution in [0.15, 0.2) is 48.5 Å². The van der Waals surface area contributed by atoms with Crippen molar-refractivity contribution in [3.63, 3.8) is 0 Å². The van der Waals surface area contributed by atoms with E-state index in [0.717, 1.165) is 5.56 Å². The smallest absolute Gasteiger partial charge is 0.328 e. The highest BCUT2D eigenvalue weighted by molar-refractivity contribution is 6.15. The molecule has 1 fully saturated rings. The summed E-state index contributed by atoms with van der Waals surface area (Å²) in [5, 5.41) is 2.86. The summed E-state index contributed by atoms with van der Waals surface area (Å²) in [5.74, 6) is -2.46. The zero-order valence-corrected chi connectivity index (χ0v) is 19.4. The molecule has 0 spiro atoms. The number of primary amides is 1. The molecule has 2 amide bonds. The van der Waals surface area contributed by atoms with Crippen molar-refractivity contribution in [3.8, 4) is 11.5 Å². The minimum atomic E-state index is -1.83. The molecule has 0 saturated carbocycles. The van der Waals surface area contributed by atoms with Gasteiger partial charge in [-0.05, 0) is 42.7 Å². The van der Waals surface area contributed by atoms with Gasteiger partial charge >= 0.3 is 5.97 Å². The summed E-state index contributed by atoms with van der Waals surface area (Å²) >= 11 is 5.40. The van der Waals surface area contributed by atoms with Gasteiger partial charge in [0.15, 0.2) is 11.5 Å². The molecule has 0 aliphatic carbocycles. The van der Waals surface area contributed by atoms with Gasteiger partial charge in [-0.3, -0.25) is 14.4 Å². The van der Waals surface area contributed by atoms with Gasteiger partial charge in [0.05, 0.1) is 5.92 Å². The molecule has 3 atom stereocenters. The van der Waals surface area contributed by atoms with Crippen LogP contribution in [0.5, 0.6) is 11.5 Å². The molecule has 1 saturated heterocycles. The monoisotopic (exact) mass is 487 g/mol. The number of piperidine rings is 1. The normalized spacial score (nSPS) is 23.3. The van der Waals surface area contributed by atoms with Crippen LogP contribution in [0.25, 0.3) is 0 Å². The van der Waals surface area contributed by atoms with Gasteiger partial charge in [0.1, 0.15) is 11.9 Å². The van der Waals surface area contributed by atoms with E-state index in [2.05, 4.69) is 9.61 Å². The summed E-state index contributed by atoms with van der Waals surface area (Å²) < 4.78 is 15.2. The number of amides is 2. The van der Waals surface area contributed by atoms with Crippen molar-refractivity contribution in [2.75, 3.05) is 18.2 Å². The van der Waals surface area contributed by atoms with Crippen molar-refractivity contribution < 1.29 is 28.1 Å². The van der Waals surface area contributed by atoms with E-state index in [4.69, 9.17) is 27.1 Å². The predicted molar refractivity (Wildman–Crippen MR) is 124 cm³/mol. The second-order valence-electron chi connectivity index (χ2n) is 8.29. The number of halogens is 1. The molecule has 2 heterocycles. The number of para-hydroxylation sites is 1. The topological polar surface area (TPSA) is 120 Å².